The summed E-state index contributed by atoms with van der Waals surface area (Å²) in [4.78, 5) is 11.9. The van der Waals surface area contributed by atoms with E-state index in [1.165, 1.54) is 18.2 Å². The van der Waals surface area contributed by atoms with Crippen molar-refractivity contribution in [3.8, 4) is 0 Å². The molecule has 3 nitrogen and oxygen atoms in total. The van der Waals surface area contributed by atoms with Crippen molar-refractivity contribution in [2.45, 2.75) is 25.0 Å². The Kier molecular flexibility index (Phi) is 2.99. The predicted octanol–water partition coefficient (Wildman–Crippen LogP) is 2.39. The van der Waals surface area contributed by atoms with Gasteiger partial charge in [-0.05, 0) is 31.0 Å². The first-order valence-electron chi connectivity index (χ1n) is 6.02. The molecule has 2 fully saturated rings. The van der Waals surface area contributed by atoms with Gasteiger partial charge < -0.3 is 10.1 Å². The molecule has 1 aliphatic heterocycles. The van der Waals surface area contributed by atoms with E-state index in [1.807, 2.05) is 0 Å². The van der Waals surface area contributed by atoms with Crippen LogP contribution in [0.5, 0.6) is 0 Å². The number of nitrogens with one attached hydrogen (secondary N) is 1. The average molecular weight is 270 g/mol. The van der Waals surface area contributed by atoms with E-state index >= 15 is 0 Å². The van der Waals surface area contributed by atoms with Crippen molar-refractivity contribution in [2.75, 3.05) is 6.61 Å². The van der Waals surface area contributed by atoms with Crippen LogP contribution in [0.25, 0.3) is 0 Å². The number of rotatable bonds is 2. The van der Waals surface area contributed by atoms with Crippen molar-refractivity contribution in [1.82, 2.24) is 5.32 Å². The molecule has 5 heteroatoms. The Morgan fingerprint density at radius 1 is 1.50 bits per heavy atom. The second-order valence-corrected chi connectivity index (χ2v) is 5.21. The normalized spacial score (nSPS) is 29.6. The third kappa shape index (κ3) is 1.99. The molecule has 0 spiro atoms. The Bertz CT molecular complexity index is 494. The molecule has 3 atom stereocenters. The summed E-state index contributed by atoms with van der Waals surface area (Å²) in [5.74, 6) is -0.396. The quantitative estimate of drug-likeness (QED) is 0.895. The summed E-state index contributed by atoms with van der Waals surface area (Å²) in [5.41, 5.74) is 0.305. The average Bonchev–Trinajstić information content (AvgIpc) is 2.71. The molecular formula is C13H13ClFNO2. The van der Waals surface area contributed by atoms with Crippen LogP contribution in [0, 0.1) is 11.7 Å². The van der Waals surface area contributed by atoms with Gasteiger partial charge in [-0.15, -0.1) is 0 Å². The van der Waals surface area contributed by atoms with E-state index in [1.54, 1.807) is 0 Å². The van der Waals surface area contributed by atoms with E-state index in [2.05, 4.69) is 5.32 Å². The lowest BCUT2D eigenvalue weighted by atomic mass is 9.76. The number of amides is 1. The van der Waals surface area contributed by atoms with Gasteiger partial charge in [-0.1, -0.05) is 11.6 Å². The highest BCUT2D eigenvalue weighted by Gasteiger charge is 2.45. The summed E-state index contributed by atoms with van der Waals surface area (Å²) in [7, 11) is 0. The van der Waals surface area contributed by atoms with Crippen LogP contribution in [0.15, 0.2) is 18.2 Å². The number of halogens is 2. The lowest BCUT2D eigenvalue weighted by molar-refractivity contribution is 0.00809. The molecule has 1 aromatic carbocycles. The minimum atomic E-state index is -0.569. The molecule has 1 N–H and O–H groups in total. The summed E-state index contributed by atoms with van der Waals surface area (Å²) < 4.78 is 18.7. The molecule has 2 aliphatic rings. The maximum absolute atomic E-state index is 13.3. The first-order valence-corrected chi connectivity index (χ1v) is 6.40. The monoisotopic (exact) mass is 269 g/mol. The lowest BCUT2D eigenvalue weighted by Crippen LogP contribution is -2.53. The highest BCUT2D eigenvalue weighted by Crippen LogP contribution is 2.38. The minimum Gasteiger partial charge on any atom is -0.378 e. The zero-order valence-electron chi connectivity index (χ0n) is 9.66. The second-order valence-electron chi connectivity index (χ2n) is 4.81. The number of carbonyl (C=O) groups is 1. The highest BCUT2D eigenvalue weighted by molar-refractivity contribution is 6.30. The smallest absolute Gasteiger partial charge is 0.251 e. The molecular weight excluding hydrogens is 257 g/mol. The summed E-state index contributed by atoms with van der Waals surface area (Å²) in [6.07, 6.45) is 2.15. The van der Waals surface area contributed by atoms with E-state index in [9.17, 15) is 9.18 Å². The number of carbonyl (C=O) groups excluding carboxylic acids is 1. The Morgan fingerprint density at radius 2 is 2.33 bits per heavy atom. The third-order valence-corrected chi connectivity index (χ3v) is 4.07. The van der Waals surface area contributed by atoms with Crippen LogP contribution in [-0.2, 0) is 4.74 Å². The van der Waals surface area contributed by atoms with Crippen molar-refractivity contribution in [3.63, 3.8) is 0 Å². The van der Waals surface area contributed by atoms with Crippen LogP contribution in [0.3, 0.4) is 0 Å². The van der Waals surface area contributed by atoms with Crippen LogP contribution in [-0.4, -0.2) is 24.7 Å². The largest absolute Gasteiger partial charge is 0.378 e. The van der Waals surface area contributed by atoms with E-state index < -0.39 is 5.82 Å². The van der Waals surface area contributed by atoms with Crippen molar-refractivity contribution in [1.29, 1.82) is 0 Å². The van der Waals surface area contributed by atoms with Gasteiger partial charge in [0.25, 0.3) is 5.91 Å². The van der Waals surface area contributed by atoms with Crippen LogP contribution >= 0.6 is 11.6 Å². The fourth-order valence-corrected chi connectivity index (χ4v) is 2.77. The van der Waals surface area contributed by atoms with Gasteiger partial charge in [0.05, 0.1) is 11.1 Å². The van der Waals surface area contributed by atoms with Crippen molar-refractivity contribution < 1.29 is 13.9 Å². The number of hydrogen-bond donors (Lipinski definition) is 1. The van der Waals surface area contributed by atoms with Gasteiger partial charge in [0.2, 0.25) is 0 Å². The van der Waals surface area contributed by atoms with E-state index in [0.717, 1.165) is 19.4 Å². The Balaban J connectivity index is 1.66. The number of hydrogen-bond acceptors (Lipinski definition) is 2. The van der Waals surface area contributed by atoms with E-state index in [-0.39, 0.29) is 17.0 Å². The first-order chi connectivity index (χ1) is 8.65. The van der Waals surface area contributed by atoms with Crippen LogP contribution < -0.4 is 5.32 Å². The molecule has 0 aromatic heterocycles. The first kappa shape index (κ1) is 11.9. The maximum atomic E-state index is 13.3. The van der Waals surface area contributed by atoms with E-state index in [0.29, 0.717) is 17.6 Å². The van der Waals surface area contributed by atoms with Crippen LogP contribution in [0.4, 0.5) is 4.39 Å². The molecule has 1 saturated heterocycles. The third-order valence-electron chi connectivity index (χ3n) is 3.76. The maximum Gasteiger partial charge on any atom is 0.251 e. The van der Waals surface area contributed by atoms with Crippen molar-refractivity contribution in [2.24, 2.45) is 5.92 Å². The Labute approximate surface area is 109 Å². The van der Waals surface area contributed by atoms with Crippen molar-refractivity contribution >= 4 is 17.5 Å². The number of fused-ring (bicyclic) bond motifs is 1. The van der Waals surface area contributed by atoms with Gasteiger partial charge >= 0.3 is 0 Å². The molecule has 1 heterocycles. The number of ether oxygens (including phenoxy) is 1. The van der Waals surface area contributed by atoms with Gasteiger partial charge in [-0.3, -0.25) is 4.79 Å². The molecule has 1 saturated carbocycles. The Hall–Kier alpha value is -1.13. The van der Waals surface area contributed by atoms with Gasteiger partial charge in [0, 0.05) is 24.1 Å². The summed E-state index contributed by atoms with van der Waals surface area (Å²) >= 11 is 5.58. The zero-order valence-corrected chi connectivity index (χ0v) is 10.4. The fourth-order valence-electron chi connectivity index (χ4n) is 2.65. The minimum absolute atomic E-state index is 0.0273. The molecule has 0 bridgehead atoms. The van der Waals surface area contributed by atoms with Crippen LogP contribution in [0.2, 0.25) is 5.02 Å². The molecule has 1 amide bonds. The van der Waals surface area contributed by atoms with Gasteiger partial charge in [0.1, 0.15) is 5.82 Å². The molecule has 3 rings (SSSR count). The zero-order chi connectivity index (χ0) is 12.7. The predicted molar refractivity (Wildman–Crippen MR) is 65.1 cm³/mol. The second kappa shape index (κ2) is 4.52. The summed E-state index contributed by atoms with van der Waals surface area (Å²) in [5, 5.41) is 2.95. The fraction of sp³-hybridized carbons (Fsp3) is 0.462. The summed E-state index contributed by atoms with van der Waals surface area (Å²) in [6.45, 7) is 0.775. The lowest BCUT2D eigenvalue weighted by Gasteiger charge is -2.39. The molecule has 0 unspecified atom stereocenters. The SMILES string of the molecule is O=C(N[C@@H]1C[C@@H]2OCC[C@@H]21)c1ccc(Cl)c(F)c1. The standard InChI is InChI=1S/C13H13ClFNO2/c14-9-2-1-7(5-10(9)15)13(17)16-11-6-12-8(11)3-4-18-12/h1-2,5,8,11-12H,3-4,6H2,(H,16,17)/t8-,11-,12+/m1/s1. The molecule has 1 aliphatic carbocycles. The molecule has 0 radical (unpaired) electrons. The van der Waals surface area contributed by atoms with E-state index in [4.69, 9.17) is 16.3 Å². The molecule has 1 aromatic rings. The molecule has 18 heavy (non-hydrogen) atoms. The summed E-state index contributed by atoms with van der Waals surface area (Å²) in [6, 6.07) is 4.25. The van der Waals surface area contributed by atoms with Gasteiger partial charge in [0.15, 0.2) is 0 Å². The number of benzene rings is 1. The van der Waals surface area contributed by atoms with Gasteiger partial charge in [-0.2, -0.15) is 0 Å². The van der Waals surface area contributed by atoms with Crippen molar-refractivity contribution in [3.05, 3.63) is 34.6 Å². The topological polar surface area (TPSA) is 38.3 Å². The highest BCUT2D eigenvalue weighted by atomic mass is 35.5. The van der Waals surface area contributed by atoms with Gasteiger partial charge in [-0.25, -0.2) is 4.39 Å². The molecule has 96 valence electrons. The van der Waals surface area contributed by atoms with Crippen LogP contribution in [0.1, 0.15) is 23.2 Å². The Morgan fingerprint density at radius 3 is 3.06 bits per heavy atom.